The summed E-state index contributed by atoms with van der Waals surface area (Å²) in [6, 6.07) is 2.81. The molecule has 0 bridgehead atoms. The normalized spacial score (nSPS) is 11.1. The summed E-state index contributed by atoms with van der Waals surface area (Å²) < 4.78 is 26.1. The highest BCUT2D eigenvalue weighted by molar-refractivity contribution is 7.93. The Balaban J connectivity index is 2.27. The molecule has 0 fully saturated rings. The van der Waals surface area contributed by atoms with Crippen molar-refractivity contribution in [2.75, 3.05) is 4.72 Å². The zero-order chi connectivity index (χ0) is 13.2. The second-order valence-electron chi connectivity index (χ2n) is 3.09. The van der Waals surface area contributed by atoms with Crippen LogP contribution in [-0.2, 0) is 10.0 Å². The number of nitrogens with two attached hydrogens (primary N) is 1. The first-order valence-electron chi connectivity index (χ1n) is 4.54. The maximum absolute atomic E-state index is 11.9. The Morgan fingerprint density at radius 2 is 2.22 bits per heavy atom. The number of nitrogens with zero attached hydrogens (tertiary/aromatic N) is 3. The quantitative estimate of drug-likeness (QED) is 0.785. The van der Waals surface area contributed by atoms with E-state index in [4.69, 9.17) is 18.0 Å². The van der Waals surface area contributed by atoms with Crippen LogP contribution in [0, 0.1) is 0 Å². The number of pyridine rings is 1. The van der Waals surface area contributed by atoms with E-state index in [-0.39, 0.29) is 15.0 Å². The molecule has 18 heavy (non-hydrogen) atoms. The van der Waals surface area contributed by atoms with Crippen molar-refractivity contribution in [3.8, 4) is 0 Å². The molecule has 3 N–H and O–H groups in total. The molecule has 0 saturated heterocycles. The molecule has 0 aliphatic heterocycles. The largest absolute Gasteiger partial charge is 0.388 e. The van der Waals surface area contributed by atoms with Crippen LogP contribution in [-0.4, -0.2) is 28.6 Å². The molecule has 0 radical (unpaired) electrons. The molecule has 7 nitrogen and oxygen atoms in total. The van der Waals surface area contributed by atoms with Gasteiger partial charge in [0.05, 0.1) is 5.69 Å². The van der Waals surface area contributed by atoms with Crippen molar-refractivity contribution in [1.29, 1.82) is 0 Å². The van der Waals surface area contributed by atoms with Gasteiger partial charge in [-0.1, -0.05) is 23.6 Å². The van der Waals surface area contributed by atoms with Crippen LogP contribution in [0.5, 0.6) is 0 Å². The van der Waals surface area contributed by atoms with Gasteiger partial charge >= 0.3 is 0 Å². The Hall–Kier alpha value is -1.65. The molecule has 0 amide bonds. The standard InChI is InChI=1S/C8H7N5O2S3/c9-7(16)6-2-1-5(3-10-6)18(14,15)13-8-12-11-4-17-8/h1-4H,(H2,9,16)(H,12,13). The van der Waals surface area contributed by atoms with Gasteiger partial charge in [0.1, 0.15) is 15.4 Å². The highest BCUT2D eigenvalue weighted by Gasteiger charge is 2.16. The summed E-state index contributed by atoms with van der Waals surface area (Å²) in [7, 11) is -3.71. The van der Waals surface area contributed by atoms with Gasteiger partial charge in [0.25, 0.3) is 10.0 Å². The molecule has 0 atom stereocenters. The van der Waals surface area contributed by atoms with Gasteiger partial charge in [0.15, 0.2) is 0 Å². The first kappa shape index (κ1) is 12.8. The Morgan fingerprint density at radius 3 is 2.72 bits per heavy atom. The number of anilines is 1. The number of hydrogen-bond donors (Lipinski definition) is 2. The van der Waals surface area contributed by atoms with E-state index in [1.165, 1.54) is 23.8 Å². The number of hydrogen-bond acceptors (Lipinski definition) is 7. The number of thiocarbonyl (C=S) groups is 1. The fourth-order valence-corrected chi connectivity index (χ4v) is 2.83. The Kier molecular flexibility index (Phi) is 3.50. The molecule has 0 saturated carbocycles. The monoisotopic (exact) mass is 301 g/mol. The molecular formula is C8H7N5O2S3. The van der Waals surface area contributed by atoms with Crippen LogP contribution in [0.15, 0.2) is 28.7 Å². The number of rotatable bonds is 4. The van der Waals surface area contributed by atoms with E-state index in [1.807, 2.05) is 0 Å². The zero-order valence-corrected chi connectivity index (χ0v) is 11.2. The van der Waals surface area contributed by atoms with Gasteiger partial charge in [-0.25, -0.2) is 8.42 Å². The summed E-state index contributed by atoms with van der Waals surface area (Å²) in [5.74, 6) is 0. The number of nitrogens with one attached hydrogen (secondary N) is 1. The maximum Gasteiger partial charge on any atom is 0.265 e. The lowest BCUT2D eigenvalue weighted by Gasteiger charge is -2.04. The van der Waals surface area contributed by atoms with E-state index < -0.39 is 10.0 Å². The summed E-state index contributed by atoms with van der Waals surface area (Å²) in [4.78, 5) is 3.96. The Morgan fingerprint density at radius 1 is 1.44 bits per heavy atom. The van der Waals surface area contributed by atoms with Gasteiger partial charge in [-0.05, 0) is 12.1 Å². The minimum Gasteiger partial charge on any atom is -0.388 e. The zero-order valence-electron chi connectivity index (χ0n) is 8.77. The lowest BCUT2D eigenvalue weighted by Crippen LogP contribution is -2.15. The molecule has 0 aromatic carbocycles. The molecule has 2 aromatic heterocycles. The average molecular weight is 301 g/mol. The van der Waals surface area contributed by atoms with Crippen molar-refractivity contribution in [3.05, 3.63) is 29.5 Å². The van der Waals surface area contributed by atoms with Gasteiger partial charge < -0.3 is 5.73 Å². The van der Waals surface area contributed by atoms with Gasteiger partial charge in [0, 0.05) is 6.20 Å². The second-order valence-corrected chi connectivity index (χ2v) is 6.05. The van der Waals surface area contributed by atoms with Crippen molar-refractivity contribution >= 4 is 43.7 Å². The molecule has 10 heteroatoms. The van der Waals surface area contributed by atoms with E-state index in [9.17, 15) is 8.42 Å². The highest BCUT2D eigenvalue weighted by atomic mass is 32.2. The summed E-state index contributed by atoms with van der Waals surface area (Å²) in [6.07, 6.45) is 1.18. The van der Waals surface area contributed by atoms with Gasteiger partial charge in [0.2, 0.25) is 5.13 Å². The summed E-state index contributed by atoms with van der Waals surface area (Å²) >= 11 is 5.80. The van der Waals surface area contributed by atoms with Crippen molar-refractivity contribution in [2.45, 2.75) is 4.90 Å². The fourth-order valence-electron chi connectivity index (χ4n) is 1.08. The molecule has 0 aliphatic carbocycles. The third-order valence-electron chi connectivity index (χ3n) is 1.88. The third-order valence-corrected chi connectivity index (χ3v) is 4.15. The average Bonchev–Trinajstić information content (AvgIpc) is 2.81. The lowest BCUT2D eigenvalue weighted by atomic mass is 10.3. The van der Waals surface area contributed by atoms with Crippen molar-refractivity contribution in [3.63, 3.8) is 0 Å². The van der Waals surface area contributed by atoms with E-state index in [0.29, 0.717) is 5.69 Å². The topological polar surface area (TPSA) is 111 Å². The molecule has 0 spiro atoms. The van der Waals surface area contributed by atoms with Crippen LogP contribution in [0.4, 0.5) is 5.13 Å². The molecule has 0 unspecified atom stereocenters. The second kappa shape index (κ2) is 4.92. The van der Waals surface area contributed by atoms with E-state index in [2.05, 4.69) is 19.9 Å². The summed E-state index contributed by atoms with van der Waals surface area (Å²) in [5.41, 5.74) is 7.15. The maximum atomic E-state index is 11.9. The van der Waals surface area contributed by atoms with Crippen LogP contribution in [0.3, 0.4) is 0 Å². The molecule has 2 aromatic rings. The molecule has 2 rings (SSSR count). The smallest absolute Gasteiger partial charge is 0.265 e. The fraction of sp³-hybridized carbons (Fsp3) is 0. The van der Waals surface area contributed by atoms with Crippen molar-refractivity contribution in [2.24, 2.45) is 5.73 Å². The van der Waals surface area contributed by atoms with Gasteiger partial charge in [-0.15, -0.1) is 10.2 Å². The number of aromatic nitrogens is 3. The molecule has 0 aliphatic rings. The van der Waals surface area contributed by atoms with Crippen LogP contribution in [0.1, 0.15) is 5.69 Å². The van der Waals surface area contributed by atoms with Crippen molar-refractivity contribution < 1.29 is 8.42 Å². The summed E-state index contributed by atoms with van der Waals surface area (Å²) in [6.45, 7) is 0. The minimum atomic E-state index is -3.71. The first-order chi connectivity index (χ1) is 8.49. The first-order valence-corrected chi connectivity index (χ1v) is 7.31. The molecule has 94 valence electrons. The van der Waals surface area contributed by atoms with Crippen LogP contribution in [0.25, 0.3) is 0 Å². The van der Waals surface area contributed by atoms with E-state index in [0.717, 1.165) is 11.3 Å². The molecular weight excluding hydrogens is 294 g/mol. The summed E-state index contributed by atoms with van der Waals surface area (Å²) in [5, 5.41) is 7.31. The molecule has 2 heterocycles. The Bertz CT molecular complexity index is 651. The predicted molar refractivity (Wildman–Crippen MR) is 70.8 cm³/mol. The highest BCUT2D eigenvalue weighted by Crippen LogP contribution is 2.16. The van der Waals surface area contributed by atoms with Crippen LogP contribution >= 0.6 is 23.6 Å². The minimum absolute atomic E-state index is 0.00213. The Labute approximate surface area is 112 Å². The van der Waals surface area contributed by atoms with Crippen molar-refractivity contribution in [1.82, 2.24) is 15.2 Å². The predicted octanol–water partition coefficient (Wildman–Crippen LogP) is 0.368. The van der Waals surface area contributed by atoms with Crippen LogP contribution < -0.4 is 10.5 Å². The SMILES string of the molecule is NC(=S)c1ccc(S(=O)(=O)Nc2nncs2)cn1. The lowest BCUT2D eigenvalue weighted by molar-refractivity contribution is 0.600. The van der Waals surface area contributed by atoms with Crippen LogP contribution in [0.2, 0.25) is 0 Å². The third kappa shape index (κ3) is 2.78. The van der Waals surface area contributed by atoms with Gasteiger partial charge in [-0.3, -0.25) is 9.71 Å². The van der Waals surface area contributed by atoms with E-state index >= 15 is 0 Å². The number of sulfonamides is 1. The van der Waals surface area contributed by atoms with E-state index in [1.54, 1.807) is 0 Å². The van der Waals surface area contributed by atoms with Gasteiger partial charge in [-0.2, -0.15) is 0 Å².